The van der Waals surface area contributed by atoms with Crippen molar-refractivity contribution in [3.8, 4) is 0 Å². The monoisotopic (exact) mass is 385 g/mol. The van der Waals surface area contributed by atoms with Crippen molar-refractivity contribution < 1.29 is 9.90 Å². The Bertz CT molecular complexity index is 877. The van der Waals surface area contributed by atoms with E-state index in [1.54, 1.807) is 0 Å². The topological polar surface area (TPSA) is 40.5 Å². The first-order valence-corrected chi connectivity index (χ1v) is 10.3. The lowest BCUT2D eigenvalue weighted by Crippen LogP contribution is -2.46. The molecule has 1 heterocycles. The molecule has 0 amide bonds. The first-order chi connectivity index (χ1) is 14.1. The number of likely N-dealkylation sites (tertiary alicyclic amines) is 1. The Kier molecular flexibility index (Phi) is 5.89. The molecular weight excluding hydrogens is 358 g/mol. The van der Waals surface area contributed by atoms with Gasteiger partial charge in [-0.15, -0.1) is 0 Å². The number of rotatable bonds is 6. The van der Waals surface area contributed by atoms with E-state index in [1.807, 2.05) is 42.5 Å². The summed E-state index contributed by atoms with van der Waals surface area (Å²) in [5.41, 5.74) is 2.25. The summed E-state index contributed by atoms with van der Waals surface area (Å²) >= 11 is 0. The van der Waals surface area contributed by atoms with Gasteiger partial charge in [-0.25, -0.2) is 0 Å². The summed E-state index contributed by atoms with van der Waals surface area (Å²) in [6.45, 7) is 1.51. The van der Waals surface area contributed by atoms with E-state index >= 15 is 0 Å². The molecule has 0 bridgehead atoms. The Labute approximate surface area is 172 Å². The van der Waals surface area contributed by atoms with E-state index in [9.17, 15) is 9.90 Å². The number of piperidine rings is 1. The van der Waals surface area contributed by atoms with Crippen molar-refractivity contribution in [2.24, 2.45) is 0 Å². The van der Waals surface area contributed by atoms with Gasteiger partial charge in [-0.2, -0.15) is 0 Å². The second kappa shape index (κ2) is 8.73. The number of hydrogen-bond acceptors (Lipinski definition) is 3. The Morgan fingerprint density at radius 3 is 1.72 bits per heavy atom. The van der Waals surface area contributed by atoms with Crippen LogP contribution in [-0.2, 0) is 0 Å². The number of carbonyl (C=O) groups excluding carboxylic acids is 1. The van der Waals surface area contributed by atoms with Crippen molar-refractivity contribution in [1.29, 1.82) is 0 Å². The van der Waals surface area contributed by atoms with Gasteiger partial charge in [-0.3, -0.25) is 9.69 Å². The third-order valence-corrected chi connectivity index (χ3v) is 5.91. The van der Waals surface area contributed by atoms with Crippen molar-refractivity contribution in [2.45, 2.75) is 30.9 Å². The minimum absolute atomic E-state index is 0.0178. The molecule has 3 nitrogen and oxygen atoms in total. The first kappa shape index (κ1) is 19.6. The van der Waals surface area contributed by atoms with Crippen LogP contribution in [0.4, 0.5) is 0 Å². The van der Waals surface area contributed by atoms with E-state index in [1.165, 1.54) is 11.1 Å². The van der Waals surface area contributed by atoms with E-state index in [4.69, 9.17) is 0 Å². The van der Waals surface area contributed by atoms with E-state index in [-0.39, 0.29) is 18.2 Å². The van der Waals surface area contributed by atoms with E-state index in [0.717, 1.165) is 13.1 Å². The molecule has 0 atom stereocenters. The van der Waals surface area contributed by atoms with Crippen LogP contribution < -0.4 is 0 Å². The molecule has 0 spiro atoms. The van der Waals surface area contributed by atoms with Gasteiger partial charge in [0, 0.05) is 25.1 Å². The van der Waals surface area contributed by atoms with Crippen LogP contribution in [0.5, 0.6) is 0 Å². The normalized spacial score (nSPS) is 16.6. The molecule has 4 rings (SSSR count). The summed E-state index contributed by atoms with van der Waals surface area (Å²) in [5, 5.41) is 11.1. The number of benzene rings is 3. The highest BCUT2D eigenvalue weighted by molar-refractivity contribution is 5.96. The number of ketones is 1. The molecule has 0 unspecified atom stereocenters. The van der Waals surface area contributed by atoms with Gasteiger partial charge in [0.2, 0.25) is 0 Å². The lowest BCUT2D eigenvalue weighted by atomic mass is 9.83. The predicted molar refractivity (Wildman–Crippen MR) is 116 cm³/mol. The quantitative estimate of drug-likeness (QED) is 0.615. The first-order valence-electron chi connectivity index (χ1n) is 10.3. The zero-order valence-electron chi connectivity index (χ0n) is 16.6. The number of aliphatic hydroxyl groups is 1. The maximum Gasteiger partial charge on any atom is 0.165 e. The van der Waals surface area contributed by atoms with Gasteiger partial charge in [-0.05, 0) is 24.0 Å². The molecular formula is C26H27NO2. The molecule has 1 fully saturated rings. The summed E-state index contributed by atoms with van der Waals surface area (Å²) in [6, 6.07) is 30.5. The van der Waals surface area contributed by atoms with Gasteiger partial charge in [0.15, 0.2) is 5.78 Å². The van der Waals surface area contributed by atoms with Crippen LogP contribution in [-0.4, -0.2) is 34.5 Å². The van der Waals surface area contributed by atoms with Gasteiger partial charge < -0.3 is 5.11 Å². The standard InChI is InChI=1S/C26H27NO2/c28-24(21-10-4-1-5-11-21)20-26(29)16-18-27(19-17-26)25(22-12-6-2-7-13-22)23-14-8-3-9-15-23/h1-15,25,29H,16-20H2. The second-order valence-corrected chi connectivity index (χ2v) is 7.95. The van der Waals surface area contributed by atoms with Crippen LogP contribution in [0, 0.1) is 0 Å². The largest absolute Gasteiger partial charge is 0.389 e. The van der Waals surface area contributed by atoms with Gasteiger partial charge in [0.25, 0.3) is 0 Å². The maximum absolute atomic E-state index is 12.6. The molecule has 3 aromatic rings. The molecule has 29 heavy (non-hydrogen) atoms. The summed E-state index contributed by atoms with van der Waals surface area (Å²) in [6.07, 6.45) is 1.38. The van der Waals surface area contributed by atoms with E-state index < -0.39 is 5.60 Å². The fraction of sp³-hybridized carbons (Fsp3) is 0.269. The molecule has 1 aliphatic rings. The second-order valence-electron chi connectivity index (χ2n) is 7.95. The molecule has 1 N–H and O–H groups in total. The zero-order chi connectivity index (χ0) is 20.1. The van der Waals surface area contributed by atoms with Crippen molar-refractivity contribution >= 4 is 5.78 Å². The van der Waals surface area contributed by atoms with Gasteiger partial charge >= 0.3 is 0 Å². The molecule has 0 radical (unpaired) electrons. The minimum atomic E-state index is -0.929. The maximum atomic E-state index is 12.6. The Hall–Kier alpha value is -2.75. The molecule has 0 aromatic heterocycles. The third-order valence-electron chi connectivity index (χ3n) is 5.91. The van der Waals surface area contributed by atoms with Crippen molar-refractivity contribution in [1.82, 2.24) is 4.90 Å². The molecule has 3 aromatic carbocycles. The number of hydrogen-bond donors (Lipinski definition) is 1. The number of nitrogens with zero attached hydrogens (tertiary/aromatic N) is 1. The minimum Gasteiger partial charge on any atom is -0.389 e. The molecule has 3 heteroatoms. The lowest BCUT2D eigenvalue weighted by Gasteiger charge is -2.42. The third kappa shape index (κ3) is 4.64. The van der Waals surface area contributed by atoms with Gasteiger partial charge in [-0.1, -0.05) is 91.0 Å². The fourth-order valence-corrected chi connectivity index (χ4v) is 4.28. The van der Waals surface area contributed by atoms with Gasteiger partial charge in [0.05, 0.1) is 11.6 Å². The highest BCUT2D eigenvalue weighted by Crippen LogP contribution is 2.35. The van der Waals surface area contributed by atoms with Crippen LogP contribution in [0.15, 0.2) is 91.0 Å². The van der Waals surface area contributed by atoms with Crippen LogP contribution in [0.25, 0.3) is 0 Å². The predicted octanol–water partition coefficient (Wildman–Crippen LogP) is 4.88. The van der Waals surface area contributed by atoms with E-state index in [0.29, 0.717) is 18.4 Å². The van der Waals surface area contributed by atoms with Crippen LogP contribution in [0.2, 0.25) is 0 Å². The average Bonchev–Trinajstić information content (AvgIpc) is 2.77. The smallest absolute Gasteiger partial charge is 0.165 e. The average molecular weight is 386 g/mol. The SMILES string of the molecule is O=C(CC1(O)CCN(C(c2ccccc2)c2ccccc2)CC1)c1ccccc1. The van der Waals surface area contributed by atoms with Crippen LogP contribution in [0.1, 0.15) is 46.8 Å². The number of Topliss-reactive ketones (excluding diaryl/α,β-unsaturated/α-hetero) is 1. The van der Waals surface area contributed by atoms with Crippen molar-refractivity contribution in [2.75, 3.05) is 13.1 Å². The molecule has 148 valence electrons. The van der Waals surface area contributed by atoms with E-state index in [2.05, 4.69) is 53.4 Å². The van der Waals surface area contributed by atoms with Crippen molar-refractivity contribution in [3.05, 3.63) is 108 Å². The van der Waals surface area contributed by atoms with Gasteiger partial charge in [0.1, 0.15) is 0 Å². The summed E-state index contributed by atoms with van der Waals surface area (Å²) in [4.78, 5) is 15.0. The fourth-order valence-electron chi connectivity index (χ4n) is 4.28. The Morgan fingerprint density at radius 2 is 1.24 bits per heavy atom. The Morgan fingerprint density at radius 1 is 0.793 bits per heavy atom. The van der Waals surface area contributed by atoms with Crippen LogP contribution in [0.3, 0.4) is 0 Å². The molecule has 0 aliphatic carbocycles. The summed E-state index contributed by atoms with van der Waals surface area (Å²) < 4.78 is 0. The summed E-state index contributed by atoms with van der Waals surface area (Å²) in [5.74, 6) is 0.0178. The highest BCUT2D eigenvalue weighted by atomic mass is 16.3. The molecule has 1 aliphatic heterocycles. The highest BCUT2D eigenvalue weighted by Gasteiger charge is 2.37. The number of carbonyl (C=O) groups is 1. The van der Waals surface area contributed by atoms with Crippen molar-refractivity contribution in [3.63, 3.8) is 0 Å². The lowest BCUT2D eigenvalue weighted by molar-refractivity contribution is -0.0285. The molecule has 1 saturated heterocycles. The summed E-state index contributed by atoms with van der Waals surface area (Å²) in [7, 11) is 0. The zero-order valence-corrected chi connectivity index (χ0v) is 16.6. The van der Waals surface area contributed by atoms with Crippen LogP contribution >= 0.6 is 0 Å². The Balaban J connectivity index is 1.49. The molecule has 0 saturated carbocycles.